The van der Waals surface area contributed by atoms with Gasteiger partial charge in [0.05, 0.1) is 5.60 Å². The van der Waals surface area contributed by atoms with E-state index in [-0.39, 0.29) is 11.6 Å². The normalized spacial score (nSPS) is 20.2. The van der Waals surface area contributed by atoms with Gasteiger partial charge in [0.2, 0.25) is 0 Å². The molecule has 0 amide bonds. The molecular formula is C17H27NO. The van der Waals surface area contributed by atoms with Crippen molar-refractivity contribution in [2.45, 2.75) is 64.0 Å². The van der Waals surface area contributed by atoms with Crippen LogP contribution in [0.1, 0.15) is 50.2 Å². The predicted octanol–water partition coefficient (Wildman–Crippen LogP) is 3.60. The van der Waals surface area contributed by atoms with Crippen LogP contribution in [-0.4, -0.2) is 18.2 Å². The van der Waals surface area contributed by atoms with Crippen LogP contribution in [0.25, 0.3) is 0 Å². The van der Waals surface area contributed by atoms with Crippen LogP contribution in [0.5, 0.6) is 0 Å². The summed E-state index contributed by atoms with van der Waals surface area (Å²) < 4.78 is 6.10. The summed E-state index contributed by atoms with van der Waals surface area (Å²) in [5.41, 5.74) is 9.05. The third-order valence-corrected chi connectivity index (χ3v) is 4.38. The lowest BCUT2D eigenvalue weighted by atomic mass is 9.77. The molecule has 0 saturated heterocycles. The Morgan fingerprint density at radius 3 is 2.37 bits per heavy atom. The Balaban J connectivity index is 2.06. The van der Waals surface area contributed by atoms with E-state index >= 15 is 0 Å². The fraction of sp³-hybridized carbons (Fsp3) is 0.647. The van der Waals surface area contributed by atoms with Crippen LogP contribution in [0.3, 0.4) is 0 Å². The number of hydrogen-bond donors (Lipinski definition) is 1. The Hall–Kier alpha value is -0.860. The molecular weight excluding hydrogens is 234 g/mol. The first kappa shape index (κ1) is 14.5. The van der Waals surface area contributed by atoms with Gasteiger partial charge in [-0.25, -0.2) is 0 Å². The molecule has 0 bridgehead atoms. The quantitative estimate of drug-likeness (QED) is 0.879. The molecule has 1 unspecified atom stereocenters. The van der Waals surface area contributed by atoms with Gasteiger partial charge in [0.1, 0.15) is 0 Å². The van der Waals surface area contributed by atoms with Gasteiger partial charge in [-0.2, -0.15) is 0 Å². The minimum Gasteiger partial charge on any atom is -0.374 e. The number of rotatable bonds is 5. The van der Waals surface area contributed by atoms with Gasteiger partial charge in [-0.3, -0.25) is 0 Å². The van der Waals surface area contributed by atoms with E-state index in [2.05, 4.69) is 38.1 Å². The second-order valence-electron chi connectivity index (χ2n) is 5.85. The van der Waals surface area contributed by atoms with E-state index in [0.717, 1.165) is 25.9 Å². The summed E-state index contributed by atoms with van der Waals surface area (Å²) >= 11 is 0. The summed E-state index contributed by atoms with van der Waals surface area (Å²) in [6.07, 6.45) is 6.98. The van der Waals surface area contributed by atoms with Gasteiger partial charge in [-0.15, -0.1) is 0 Å². The highest BCUT2D eigenvalue weighted by Crippen LogP contribution is 2.35. The molecule has 0 heterocycles. The number of aryl methyl sites for hydroxylation is 1. The van der Waals surface area contributed by atoms with Crippen LogP contribution < -0.4 is 5.73 Å². The van der Waals surface area contributed by atoms with E-state index in [0.29, 0.717) is 0 Å². The highest BCUT2D eigenvalue weighted by Gasteiger charge is 2.38. The first-order chi connectivity index (χ1) is 9.16. The Labute approximate surface area is 117 Å². The second-order valence-corrected chi connectivity index (χ2v) is 5.85. The van der Waals surface area contributed by atoms with Crippen molar-refractivity contribution in [2.24, 2.45) is 5.73 Å². The predicted molar refractivity (Wildman–Crippen MR) is 80.3 cm³/mol. The molecule has 1 fully saturated rings. The second kappa shape index (κ2) is 6.53. The van der Waals surface area contributed by atoms with Crippen LogP contribution in [-0.2, 0) is 11.2 Å². The zero-order valence-electron chi connectivity index (χ0n) is 12.3. The summed E-state index contributed by atoms with van der Waals surface area (Å²) in [4.78, 5) is 0. The van der Waals surface area contributed by atoms with E-state index < -0.39 is 0 Å². The zero-order chi connectivity index (χ0) is 13.7. The molecule has 2 N–H and O–H groups in total. The van der Waals surface area contributed by atoms with E-state index in [4.69, 9.17) is 10.5 Å². The average molecular weight is 261 g/mol. The fourth-order valence-electron chi connectivity index (χ4n) is 3.22. The highest BCUT2D eigenvalue weighted by atomic mass is 16.5. The number of hydrogen-bond acceptors (Lipinski definition) is 2. The van der Waals surface area contributed by atoms with Gasteiger partial charge in [0, 0.05) is 12.6 Å². The molecule has 2 heteroatoms. The summed E-state index contributed by atoms with van der Waals surface area (Å²) in [5, 5.41) is 0. The summed E-state index contributed by atoms with van der Waals surface area (Å²) in [6, 6.07) is 8.82. The minimum atomic E-state index is -0.0854. The third-order valence-electron chi connectivity index (χ3n) is 4.38. The largest absolute Gasteiger partial charge is 0.374 e. The maximum absolute atomic E-state index is 6.51. The van der Waals surface area contributed by atoms with E-state index in [1.807, 2.05) is 0 Å². The third kappa shape index (κ3) is 3.58. The van der Waals surface area contributed by atoms with E-state index in [9.17, 15) is 0 Å². The number of nitrogens with two attached hydrogens (primary N) is 1. The number of benzene rings is 1. The van der Waals surface area contributed by atoms with Gasteiger partial charge in [0.25, 0.3) is 0 Å². The molecule has 0 aliphatic heterocycles. The van der Waals surface area contributed by atoms with Crippen molar-refractivity contribution in [1.82, 2.24) is 0 Å². The van der Waals surface area contributed by atoms with Crippen molar-refractivity contribution in [2.75, 3.05) is 6.61 Å². The minimum absolute atomic E-state index is 0.0854. The van der Waals surface area contributed by atoms with Crippen LogP contribution in [0, 0.1) is 6.92 Å². The Morgan fingerprint density at radius 1 is 1.16 bits per heavy atom. The van der Waals surface area contributed by atoms with Gasteiger partial charge >= 0.3 is 0 Å². The Kier molecular flexibility index (Phi) is 5.00. The molecule has 2 rings (SSSR count). The molecule has 1 aliphatic rings. The van der Waals surface area contributed by atoms with Crippen LogP contribution >= 0.6 is 0 Å². The molecule has 1 aliphatic carbocycles. The van der Waals surface area contributed by atoms with E-state index in [1.165, 1.54) is 30.4 Å². The van der Waals surface area contributed by atoms with Gasteiger partial charge < -0.3 is 10.5 Å². The molecule has 0 spiro atoms. The Bertz CT molecular complexity index is 373. The highest BCUT2D eigenvalue weighted by molar-refractivity contribution is 5.22. The van der Waals surface area contributed by atoms with Crippen molar-refractivity contribution < 1.29 is 4.74 Å². The first-order valence-corrected chi connectivity index (χ1v) is 7.61. The maximum atomic E-state index is 6.51. The molecule has 1 aromatic rings. The topological polar surface area (TPSA) is 35.2 Å². The van der Waals surface area contributed by atoms with Crippen LogP contribution in [0.15, 0.2) is 24.3 Å². The molecule has 106 valence electrons. The monoisotopic (exact) mass is 261 g/mol. The standard InChI is InChI=1S/C17H27NO/c1-3-19-17(11-5-4-6-12-17)16(18)13-15-9-7-14(2)8-10-15/h7-10,16H,3-6,11-13,18H2,1-2H3. The van der Waals surface area contributed by atoms with E-state index in [1.54, 1.807) is 0 Å². The molecule has 1 aromatic carbocycles. The Morgan fingerprint density at radius 2 is 1.79 bits per heavy atom. The zero-order valence-corrected chi connectivity index (χ0v) is 12.3. The summed E-state index contributed by atoms with van der Waals surface area (Å²) in [5.74, 6) is 0. The van der Waals surface area contributed by atoms with Gasteiger partial charge in [-0.1, -0.05) is 49.1 Å². The first-order valence-electron chi connectivity index (χ1n) is 7.61. The molecule has 1 atom stereocenters. The summed E-state index contributed by atoms with van der Waals surface area (Å²) in [6.45, 7) is 4.96. The van der Waals surface area contributed by atoms with Gasteiger partial charge in [0.15, 0.2) is 0 Å². The van der Waals surface area contributed by atoms with Gasteiger partial charge in [-0.05, 0) is 38.7 Å². The smallest absolute Gasteiger partial charge is 0.0835 e. The van der Waals surface area contributed by atoms with Crippen molar-refractivity contribution in [1.29, 1.82) is 0 Å². The lowest BCUT2D eigenvalue weighted by molar-refractivity contribution is -0.0817. The van der Waals surface area contributed by atoms with Crippen molar-refractivity contribution in [3.05, 3.63) is 35.4 Å². The lowest BCUT2D eigenvalue weighted by Crippen LogP contribution is -2.52. The average Bonchev–Trinajstić information content (AvgIpc) is 2.43. The fourth-order valence-corrected chi connectivity index (χ4v) is 3.22. The SMILES string of the molecule is CCOC1(C(N)Cc2ccc(C)cc2)CCCCC1. The molecule has 1 saturated carbocycles. The number of ether oxygens (including phenoxy) is 1. The molecule has 2 nitrogen and oxygen atoms in total. The van der Waals surface area contributed by atoms with Crippen molar-refractivity contribution in [3.8, 4) is 0 Å². The maximum Gasteiger partial charge on any atom is 0.0835 e. The molecule has 0 radical (unpaired) electrons. The van der Waals surface area contributed by atoms with Crippen LogP contribution in [0.2, 0.25) is 0 Å². The van der Waals surface area contributed by atoms with Crippen molar-refractivity contribution >= 4 is 0 Å². The molecule has 19 heavy (non-hydrogen) atoms. The van der Waals surface area contributed by atoms with Crippen LogP contribution in [0.4, 0.5) is 0 Å². The summed E-state index contributed by atoms with van der Waals surface area (Å²) in [7, 11) is 0. The lowest BCUT2D eigenvalue weighted by Gasteiger charge is -2.41. The molecule has 0 aromatic heterocycles. The van der Waals surface area contributed by atoms with Crippen molar-refractivity contribution in [3.63, 3.8) is 0 Å².